The molecule has 0 aliphatic heterocycles. The third-order valence-corrected chi connectivity index (χ3v) is 4.74. The Hall–Kier alpha value is -1.95. The molecule has 4 atom stereocenters. The molecule has 0 spiro atoms. The van der Waals surface area contributed by atoms with Crippen LogP contribution in [0.2, 0.25) is 0 Å². The molecule has 2 aromatic heterocycles. The molecule has 2 heterocycles. The maximum Gasteiger partial charge on any atom is 0.230 e. The molecule has 0 aromatic carbocycles. The Balaban J connectivity index is 1.57. The zero-order valence-corrected chi connectivity index (χ0v) is 12.2. The molecule has 21 heavy (non-hydrogen) atoms. The lowest BCUT2D eigenvalue weighted by atomic mass is 10.0. The van der Waals surface area contributed by atoms with Gasteiger partial charge in [0.2, 0.25) is 11.7 Å². The van der Waals surface area contributed by atoms with E-state index in [1.54, 1.807) is 0 Å². The average Bonchev–Trinajstić information content (AvgIpc) is 3.00. The first-order valence-electron chi connectivity index (χ1n) is 7.36. The third-order valence-electron chi connectivity index (χ3n) is 4.74. The molecular formula is C15H19N5O. The molecule has 6 heteroatoms. The van der Waals surface area contributed by atoms with E-state index < -0.39 is 0 Å². The Kier molecular flexibility index (Phi) is 2.75. The van der Waals surface area contributed by atoms with Gasteiger partial charge in [0.25, 0.3) is 0 Å². The van der Waals surface area contributed by atoms with Crippen LogP contribution in [0.5, 0.6) is 0 Å². The van der Waals surface area contributed by atoms with Crippen LogP contribution in [0.15, 0.2) is 22.9 Å². The second-order valence-electron chi connectivity index (χ2n) is 6.32. The van der Waals surface area contributed by atoms with Crippen LogP contribution < -0.4 is 10.6 Å². The van der Waals surface area contributed by atoms with Gasteiger partial charge in [0, 0.05) is 26.1 Å². The topological polar surface area (TPSA) is 81.1 Å². The predicted molar refractivity (Wildman–Crippen MR) is 78.8 cm³/mol. The van der Waals surface area contributed by atoms with Gasteiger partial charge in [-0.05, 0) is 36.8 Å². The van der Waals surface area contributed by atoms with Gasteiger partial charge in [0.1, 0.15) is 5.69 Å². The number of rotatable bonds is 3. The fraction of sp³-hybridized carbons (Fsp3) is 0.533. The van der Waals surface area contributed by atoms with Crippen LogP contribution in [0, 0.1) is 11.8 Å². The average molecular weight is 285 g/mol. The number of anilines is 1. The Morgan fingerprint density at radius 3 is 2.67 bits per heavy atom. The molecule has 4 rings (SSSR count). The highest BCUT2D eigenvalue weighted by Gasteiger charge is 2.55. The van der Waals surface area contributed by atoms with Crippen molar-refractivity contribution in [2.45, 2.75) is 24.8 Å². The van der Waals surface area contributed by atoms with Crippen molar-refractivity contribution in [1.82, 2.24) is 15.1 Å². The first-order valence-corrected chi connectivity index (χ1v) is 7.36. The van der Waals surface area contributed by atoms with Crippen LogP contribution in [0.3, 0.4) is 0 Å². The molecule has 2 N–H and O–H groups in total. The lowest BCUT2D eigenvalue weighted by molar-refractivity contribution is 0.341. The van der Waals surface area contributed by atoms with Crippen LogP contribution in [0.25, 0.3) is 11.5 Å². The summed E-state index contributed by atoms with van der Waals surface area (Å²) in [7, 11) is 3.97. The van der Waals surface area contributed by atoms with E-state index in [1.807, 2.05) is 37.3 Å². The Morgan fingerprint density at radius 2 is 2.10 bits per heavy atom. The molecule has 2 fully saturated rings. The SMILES string of the molecule is CN(C)c1ccc(-c2noc([C@@H]3C[C@H](N)[C@H]4C[C@H]43)n2)nc1. The zero-order chi connectivity index (χ0) is 14.6. The van der Waals surface area contributed by atoms with E-state index >= 15 is 0 Å². The second kappa shape index (κ2) is 4.53. The molecule has 2 saturated carbocycles. The number of nitrogens with two attached hydrogens (primary N) is 1. The minimum atomic E-state index is 0.299. The van der Waals surface area contributed by atoms with Crippen molar-refractivity contribution in [3.8, 4) is 11.5 Å². The van der Waals surface area contributed by atoms with Crippen molar-refractivity contribution in [3.05, 3.63) is 24.2 Å². The quantitative estimate of drug-likeness (QED) is 0.923. The number of hydrogen-bond donors (Lipinski definition) is 1. The zero-order valence-electron chi connectivity index (χ0n) is 12.2. The fourth-order valence-electron chi connectivity index (χ4n) is 3.39. The normalized spacial score (nSPS) is 30.2. The number of nitrogens with zero attached hydrogens (tertiary/aromatic N) is 4. The summed E-state index contributed by atoms with van der Waals surface area (Å²) in [5, 5.41) is 4.08. The molecule has 0 unspecified atom stereocenters. The highest BCUT2D eigenvalue weighted by molar-refractivity contribution is 5.53. The molecule has 6 nitrogen and oxygen atoms in total. The molecule has 0 saturated heterocycles. The van der Waals surface area contributed by atoms with Crippen molar-refractivity contribution in [3.63, 3.8) is 0 Å². The van der Waals surface area contributed by atoms with E-state index in [-0.39, 0.29) is 0 Å². The Morgan fingerprint density at radius 1 is 1.24 bits per heavy atom. The van der Waals surface area contributed by atoms with E-state index in [9.17, 15) is 0 Å². The first-order chi connectivity index (χ1) is 10.1. The number of hydrogen-bond acceptors (Lipinski definition) is 6. The van der Waals surface area contributed by atoms with Crippen molar-refractivity contribution < 1.29 is 4.52 Å². The van der Waals surface area contributed by atoms with Crippen molar-refractivity contribution in [2.24, 2.45) is 17.6 Å². The summed E-state index contributed by atoms with van der Waals surface area (Å²) in [6.45, 7) is 0. The maximum absolute atomic E-state index is 6.10. The van der Waals surface area contributed by atoms with Gasteiger partial charge in [-0.25, -0.2) is 0 Å². The number of aromatic nitrogens is 3. The van der Waals surface area contributed by atoms with E-state index in [0.29, 0.717) is 29.6 Å². The standard InChI is InChI=1S/C15H19N5O/c1-20(2)8-3-4-13(17-7-8)14-18-15(21-19-14)11-6-12(16)10-5-9(10)11/h3-4,7,9-12H,5-6,16H2,1-2H3/t9-,10+,11-,12+/m1/s1. The molecule has 2 aliphatic carbocycles. The summed E-state index contributed by atoms with van der Waals surface area (Å²) in [5.41, 5.74) is 7.89. The lowest BCUT2D eigenvalue weighted by Gasteiger charge is -2.11. The van der Waals surface area contributed by atoms with Gasteiger partial charge in [-0.3, -0.25) is 4.98 Å². The lowest BCUT2D eigenvalue weighted by Crippen LogP contribution is -2.19. The van der Waals surface area contributed by atoms with Gasteiger partial charge >= 0.3 is 0 Å². The first kappa shape index (κ1) is 12.8. The third kappa shape index (κ3) is 2.10. The highest BCUT2D eigenvalue weighted by atomic mass is 16.5. The van der Waals surface area contributed by atoms with Gasteiger partial charge in [0.05, 0.1) is 11.9 Å². The van der Waals surface area contributed by atoms with E-state index in [0.717, 1.165) is 23.7 Å². The summed E-state index contributed by atoms with van der Waals surface area (Å²) in [6, 6.07) is 4.22. The van der Waals surface area contributed by atoms with Crippen LogP contribution in [0.1, 0.15) is 24.7 Å². The van der Waals surface area contributed by atoms with Crippen LogP contribution in [-0.2, 0) is 0 Å². The largest absolute Gasteiger partial charge is 0.376 e. The Bertz CT molecular complexity index is 650. The smallest absolute Gasteiger partial charge is 0.230 e. The van der Waals surface area contributed by atoms with Crippen molar-refractivity contribution >= 4 is 5.69 Å². The van der Waals surface area contributed by atoms with Crippen molar-refractivity contribution in [2.75, 3.05) is 19.0 Å². The van der Waals surface area contributed by atoms with Gasteiger partial charge in [-0.15, -0.1) is 0 Å². The molecule has 0 amide bonds. The van der Waals surface area contributed by atoms with E-state index in [4.69, 9.17) is 10.3 Å². The van der Waals surface area contributed by atoms with E-state index in [2.05, 4.69) is 15.1 Å². The molecular weight excluding hydrogens is 266 g/mol. The summed E-state index contributed by atoms with van der Waals surface area (Å²) < 4.78 is 5.46. The summed E-state index contributed by atoms with van der Waals surface area (Å²) in [6.07, 6.45) is 3.98. The number of pyridine rings is 1. The van der Waals surface area contributed by atoms with Crippen LogP contribution in [0.4, 0.5) is 5.69 Å². The van der Waals surface area contributed by atoms with Crippen molar-refractivity contribution in [1.29, 1.82) is 0 Å². The predicted octanol–water partition coefficient (Wildman–Crippen LogP) is 1.65. The highest BCUT2D eigenvalue weighted by Crippen LogP contribution is 2.58. The molecule has 0 radical (unpaired) electrons. The number of fused-ring (bicyclic) bond motifs is 1. The van der Waals surface area contributed by atoms with Gasteiger partial charge in [-0.1, -0.05) is 5.16 Å². The fourth-order valence-corrected chi connectivity index (χ4v) is 3.39. The maximum atomic E-state index is 6.10. The van der Waals surface area contributed by atoms with E-state index in [1.165, 1.54) is 6.42 Å². The molecule has 0 bridgehead atoms. The second-order valence-corrected chi connectivity index (χ2v) is 6.32. The molecule has 2 aliphatic rings. The van der Waals surface area contributed by atoms with Crippen LogP contribution >= 0.6 is 0 Å². The summed E-state index contributed by atoms with van der Waals surface area (Å²) in [5.74, 6) is 2.95. The minimum Gasteiger partial charge on any atom is -0.376 e. The Labute approximate surface area is 123 Å². The van der Waals surface area contributed by atoms with Crippen LogP contribution in [-0.4, -0.2) is 35.3 Å². The van der Waals surface area contributed by atoms with Gasteiger partial charge in [-0.2, -0.15) is 4.98 Å². The monoisotopic (exact) mass is 285 g/mol. The summed E-state index contributed by atoms with van der Waals surface area (Å²) >= 11 is 0. The summed E-state index contributed by atoms with van der Waals surface area (Å²) in [4.78, 5) is 10.9. The minimum absolute atomic E-state index is 0.299. The molecule has 110 valence electrons. The van der Waals surface area contributed by atoms with Gasteiger partial charge < -0.3 is 15.2 Å². The van der Waals surface area contributed by atoms with Gasteiger partial charge in [0.15, 0.2) is 0 Å². The molecule has 2 aromatic rings.